The van der Waals surface area contributed by atoms with Crippen molar-refractivity contribution in [3.8, 4) is 5.75 Å². The van der Waals surface area contributed by atoms with Gasteiger partial charge in [-0.3, -0.25) is 4.79 Å². The smallest absolute Gasteiger partial charge is 0.416 e. The number of hydrogen-bond donors (Lipinski definition) is 1. The fraction of sp³-hybridized carbons (Fsp3) is 0.440. The highest BCUT2D eigenvalue weighted by Gasteiger charge is 2.43. The van der Waals surface area contributed by atoms with Gasteiger partial charge in [-0.15, -0.1) is 0 Å². The van der Waals surface area contributed by atoms with Crippen molar-refractivity contribution in [3.63, 3.8) is 0 Å². The lowest BCUT2D eigenvalue weighted by Crippen LogP contribution is -2.49. The van der Waals surface area contributed by atoms with E-state index in [9.17, 15) is 14.7 Å². The maximum atomic E-state index is 13.4. The Hall–Kier alpha value is -2.90. The molecule has 172 valence electrons. The molecule has 1 heterocycles. The summed E-state index contributed by atoms with van der Waals surface area (Å²) in [5.41, 5.74) is 1.82. The van der Waals surface area contributed by atoms with E-state index in [2.05, 4.69) is 0 Å². The van der Waals surface area contributed by atoms with Crippen molar-refractivity contribution in [2.24, 2.45) is 5.92 Å². The highest BCUT2D eigenvalue weighted by molar-refractivity contribution is 5.95. The molecular weight excluding hydrogens is 410 g/mol. The molecular formula is C25H31NO6. The second-order valence-electron chi connectivity index (χ2n) is 8.00. The van der Waals surface area contributed by atoms with Crippen molar-refractivity contribution in [1.82, 2.24) is 4.90 Å². The van der Waals surface area contributed by atoms with Crippen LogP contribution in [0.2, 0.25) is 0 Å². The monoisotopic (exact) mass is 441 g/mol. The van der Waals surface area contributed by atoms with Crippen LogP contribution in [-0.2, 0) is 27.3 Å². The van der Waals surface area contributed by atoms with Crippen molar-refractivity contribution in [2.75, 3.05) is 13.7 Å². The van der Waals surface area contributed by atoms with Crippen LogP contribution in [-0.4, -0.2) is 54.0 Å². The molecule has 0 spiro atoms. The Morgan fingerprint density at radius 2 is 1.84 bits per heavy atom. The van der Waals surface area contributed by atoms with Crippen LogP contribution < -0.4 is 4.74 Å². The van der Waals surface area contributed by atoms with Crippen LogP contribution in [0, 0.1) is 5.92 Å². The summed E-state index contributed by atoms with van der Waals surface area (Å²) in [6.45, 7) is 4.09. The van der Waals surface area contributed by atoms with Gasteiger partial charge in [0.15, 0.2) is 0 Å². The van der Waals surface area contributed by atoms with E-state index >= 15 is 0 Å². The predicted octanol–water partition coefficient (Wildman–Crippen LogP) is 3.58. The molecule has 0 saturated carbocycles. The van der Waals surface area contributed by atoms with E-state index in [-0.39, 0.29) is 25.7 Å². The van der Waals surface area contributed by atoms with Gasteiger partial charge in [0, 0.05) is 0 Å². The topological polar surface area (TPSA) is 85.3 Å². The number of hydrogen-bond acceptors (Lipinski definition) is 6. The number of nitrogens with zero attached hydrogens (tertiary/aromatic N) is 1. The van der Waals surface area contributed by atoms with Crippen LogP contribution in [0.5, 0.6) is 5.75 Å². The number of rotatable bonds is 10. The van der Waals surface area contributed by atoms with Crippen molar-refractivity contribution < 1.29 is 28.9 Å². The number of methoxy groups -OCH3 is 1. The molecule has 1 fully saturated rings. The molecule has 1 aliphatic heterocycles. The molecule has 2 aromatic rings. The van der Waals surface area contributed by atoms with Gasteiger partial charge in [-0.25, -0.2) is 9.69 Å². The fourth-order valence-corrected chi connectivity index (χ4v) is 3.81. The van der Waals surface area contributed by atoms with Crippen molar-refractivity contribution in [3.05, 3.63) is 65.7 Å². The molecule has 2 amide bonds. The number of aliphatic hydroxyl groups excluding tert-OH is 1. The quantitative estimate of drug-likeness (QED) is 0.607. The highest BCUT2D eigenvalue weighted by atomic mass is 16.6. The lowest BCUT2D eigenvalue weighted by molar-refractivity contribution is -0.142. The SMILES string of the molecule is CC[C@@H]1COC(=O)N1C(=O)[C@H](Cc1ccccc1)[C@@H](O)[C@H](C)OCc1ccc(OC)cc1. The van der Waals surface area contributed by atoms with Crippen molar-refractivity contribution in [2.45, 2.75) is 51.5 Å². The molecule has 1 aliphatic rings. The van der Waals surface area contributed by atoms with Crippen molar-refractivity contribution >= 4 is 12.0 Å². The lowest BCUT2D eigenvalue weighted by atomic mass is 9.89. The van der Waals surface area contributed by atoms with E-state index in [1.807, 2.05) is 61.5 Å². The third-order valence-electron chi connectivity index (χ3n) is 5.85. The minimum atomic E-state index is -1.10. The average molecular weight is 442 g/mol. The Kier molecular flexibility index (Phi) is 8.25. The molecule has 4 atom stereocenters. The van der Waals surface area contributed by atoms with Crippen LogP contribution in [0.1, 0.15) is 31.4 Å². The number of ether oxygens (including phenoxy) is 3. The van der Waals surface area contributed by atoms with Gasteiger partial charge in [0.05, 0.1) is 37.9 Å². The lowest BCUT2D eigenvalue weighted by Gasteiger charge is -2.30. The summed E-state index contributed by atoms with van der Waals surface area (Å²) in [6.07, 6.45) is -1.51. The normalized spacial score (nSPS) is 18.7. The summed E-state index contributed by atoms with van der Waals surface area (Å²) in [5, 5.41) is 11.1. The van der Waals surface area contributed by atoms with Crippen LogP contribution >= 0.6 is 0 Å². The first-order valence-corrected chi connectivity index (χ1v) is 10.9. The number of carbonyl (C=O) groups excluding carboxylic acids is 2. The van der Waals surface area contributed by atoms with Gasteiger partial charge < -0.3 is 19.3 Å². The zero-order chi connectivity index (χ0) is 23.1. The Labute approximate surface area is 188 Å². The van der Waals surface area contributed by atoms with Gasteiger partial charge in [0.25, 0.3) is 0 Å². The predicted molar refractivity (Wildman–Crippen MR) is 119 cm³/mol. The molecule has 7 heteroatoms. The number of amides is 2. The molecule has 0 aromatic heterocycles. The molecule has 2 aromatic carbocycles. The number of aliphatic hydroxyl groups is 1. The third-order valence-corrected chi connectivity index (χ3v) is 5.85. The number of benzene rings is 2. The number of carbonyl (C=O) groups is 2. The fourth-order valence-electron chi connectivity index (χ4n) is 3.81. The minimum absolute atomic E-state index is 0.179. The molecule has 0 bridgehead atoms. The Balaban J connectivity index is 1.74. The van der Waals surface area contributed by atoms with Gasteiger partial charge >= 0.3 is 6.09 Å². The standard InChI is InChI=1S/C25H31NO6/c1-4-20-16-32-25(29)26(20)24(28)22(14-18-8-6-5-7-9-18)23(27)17(2)31-15-19-10-12-21(30-3)13-11-19/h5-13,17,20,22-23,27H,4,14-16H2,1-3H3/t17-,20+,22+,23-/m0/s1. The first kappa shape index (κ1) is 23.8. The largest absolute Gasteiger partial charge is 0.497 e. The summed E-state index contributed by atoms with van der Waals surface area (Å²) in [4.78, 5) is 26.8. The van der Waals surface area contributed by atoms with Gasteiger partial charge in [0.2, 0.25) is 5.91 Å². The van der Waals surface area contributed by atoms with E-state index < -0.39 is 30.1 Å². The average Bonchev–Trinajstić information content (AvgIpc) is 3.21. The van der Waals surface area contributed by atoms with Gasteiger partial charge in [0.1, 0.15) is 12.4 Å². The molecule has 0 aliphatic carbocycles. The summed E-state index contributed by atoms with van der Waals surface area (Å²) in [6, 6.07) is 16.6. The number of cyclic esters (lactones) is 1. The van der Waals surface area contributed by atoms with E-state index in [1.165, 1.54) is 0 Å². The zero-order valence-corrected chi connectivity index (χ0v) is 18.8. The van der Waals surface area contributed by atoms with Crippen molar-refractivity contribution in [1.29, 1.82) is 0 Å². The first-order valence-electron chi connectivity index (χ1n) is 10.9. The molecule has 1 N–H and O–H groups in total. The molecule has 0 radical (unpaired) electrons. The summed E-state index contributed by atoms with van der Waals surface area (Å²) < 4.78 is 16.2. The maximum absolute atomic E-state index is 13.4. The van der Waals surface area contributed by atoms with Crippen LogP contribution in [0.3, 0.4) is 0 Å². The summed E-state index contributed by atoms with van der Waals surface area (Å²) >= 11 is 0. The highest BCUT2D eigenvalue weighted by Crippen LogP contribution is 2.25. The first-order chi connectivity index (χ1) is 15.4. The van der Waals surface area contributed by atoms with E-state index in [0.29, 0.717) is 6.42 Å². The van der Waals surface area contributed by atoms with E-state index in [4.69, 9.17) is 14.2 Å². The number of imide groups is 1. The Bertz CT molecular complexity index is 885. The minimum Gasteiger partial charge on any atom is -0.497 e. The van der Waals surface area contributed by atoms with Crippen LogP contribution in [0.4, 0.5) is 4.79 Å². The summed E-state index contributed by atoms with van der Waals surface area (Å²) in [7, 11) is 1.60. The Morgan fingerprint density at radius 1 is 1.16 bits per heavy atom. The van der Waals surface area contributed by atoms with Gasteiger partial charge in [-0.05, 0) is 43.0 Å². The maximum Gasteiger partial charge on any atom is 0.416 e. The third kappa shape index (κ3) is 5.66. The van der Waals surface area contributed by atoms with Crippen LogP contribution in [0.15, 0.2) is 54.6 Å². The van der Waals surface area contributed by atoms with Gasteiger partial charge in [-0.2, -0.15) is 0 Å². The molecule has 3 rings (SSSR count). The zero-order valence-electron chi connectivity index (χ0n) is 18.8. The molecule has 32 heavy (non-hydrogen) atoms. The van der Waals surface area contributed by atoms with E-state index in [1.54, 1.807) is 14.0 Å². The molecule has 0 unspecified atom stereocenters. The van der Waals surface area contributed by atoms with E-state index in [0.717, 1.165) is 21.8 Å². The van der Waals surface area contributed by atoms with Gasteiger partial charge in [-0.1, -0.05) is 49.4 Å². The second kappa shape index (κ2) is 11.1. The molecule has 7 nitrogen and oxygen atoms in total. The Morgan fingerprint density at radius 3 is 2.47 bits per heavy atom. The summed E-state index contributed by atoms with van der Waals surface area (Å²) in [5.74, 6) is -0.531. The molecule has 1 saturated heterocycles. The van der Waals surface area contributed by atoms with Crippen LogP contribution in [0.25, 0.3) is 0 Å². The second-order valence-corrected chi connectivity index (χ2v) is 8.00.